The van der Waals surface area contributed by atoms with Gasteiger partial charge in [0.05, 0.1) is 11.4 Å². The molecule has 0 amide bonds. The van der Waals surface area contributed by atoms with Gasteiger partial charge in [-0.1, -0.05) is 0 Å². The third-order valence-corrected chi connectivity index (χ3v) is 3.17. The Morgan fingerprint density at radius 2 is 2.21 bits per heavy atom. The first-order chi connectivity index (χ1) is 6.56. The quantitative estimate of drug-likeness (QED) is 0.761. The predicted molar refractivity (Wildman–Crippen MR) is 49.2 cm³/mol. The fourth-order valence-corrected chi connectivity index (χ4v) is 2.25. The van der Waals surface area contributed by atoms with E-state index in [1.807, 2.05) is 0 Å². The van der Waals surface area contributed by atoms with Gasteiger partial charge in [-0.2, -0.15) is 13.5 Å². The van der Waals surface area contributed by atoms with E-state index in [1.54, 1.807) is 0 Å². The highest BCUT2D eigenvalue weighted by molar-refractivity contribution is 7.86. The lowest BCUT2D eigenvalue weighted by molar-refractivity contribution is 0.551. The number of nitrogens with zero attached hydrogens (tertiary/aromatic N) is 1. The molecule has 2 rings (SSSR count). The van der Waals surface area contributed by atoms with Crippen LogP contribution in [-0.2, 0) is 29.5 Å². The van der Waals surface area contributed by atoms with Gasteiger partial charge in [-0.15, -0.1) is 3.89 Å². The minimum Gasteiger partial charge on any atom is -0.282 e. The van der Waals surface area contributed by atoms with E-state index in [0.29, 0.717) is 5.69 Å². The van der Waals surface area contributed by atoms with Crippen LogP contribution in [0.4, 0.5) is 3.89 Å². The molecule has 0 spiro atoms. The molecule has 0 saturated heterocycles. The molecular weight excluding hydrogens is 207 g/mol. The monoisotopic (exact) mass is 218 g/mol. The van der Waals surface area contributed by atoms with Gasteiger partial charge in [0, 0.05) is 12.1 Å². The highest BCUT2D eigenvalue weighted by atomic mass is 32.3. The molecule has 1 aromatic rings. The van der Waals surface area contributed by atoms with E-state index >= 15 is 0 Å². The van der Waals surface area contributed by atoms with E-state index < -0.39 is 16.0 Å². The van der Waals surface area contributed by atoms with Crippen LogP contribution in [0.15, 0.2) is 0 Å². The van der Waals surface area contributed by atoms with Crippen molar-refractivity contribution in [2.45, 2.75) is 25.7 Å². The summed E-state index contributed by atoms with van der Waals surface area (Å²) in [5.74, 6) is -0.468. The molecular formula is C8H11FN2O2S. The largest absolute Gasteiger partial charge is 0.302 e. The molecule has 0 unspecified atom stereocenters. The van der Waals surface area contributed by atoms with Crippen LogP contribution in [0.25, 0.3) is 0 Å². The molecule has 0 aliphatic heterocycles. The van der Waals surface area contributed by atoms with E-state index in [0.717, 1.165) is 30.5 Å². The average Bonchev–Trinajstić information content (AvgIpc) is 2.59. The summed E-state index contributed by atoms with van der Waals surface area (Å²) in [5, 5.41) is 6.84. The minimum atomic E-state index is -4.37. The van der Waals surface area contributed by atoms with Crippen molar-refractivity contribution in [1.29, 1.82) is 0 Å². The first kappa shape index (κ1) is 9.64. The second-order valence-corrected chi connectivity index (χ2v) is 4.96. The smallest absolute Gasteiger partial charge is 0.282 e. The van der Waals surface area contributed by atoms with Gasteiger partial charge in [0.2, 0.25) is 0 Å². The summed E-state index contributed by atoms with van der Waals surface area (Å²) in [4.78, 5) is 0. The van der Waals surface area contributed by atoms with Crippen LogP contribution >= 0.6 is 0 Å². The summed E-state index contributed by atoms with van der Waals surface area (Å²) in [5.41, 5.74) is 2.88. The molecule has 6 heteroatoms. The first-order valence-corrected chi connectivity index (χ1v) is 6.09. The molecule has 1 heterocycles. The van der Waals surface area contributed by atoms with Crippen molar-refractivity contribution in [3.63, 3.8) is 0 Å². The molecule has 0 bridgehead atoms. The highest BCUT2D eigenvalue weighted by Gasteiger charge is 2.19. The molecule has 0 radical (unpaired) electrons. The van der Waals surface area contributed by atoms with Crippen molar-refractivity contribution < 1.29 is 12.3 Å². The Labute approximate surface area is 81.7 Å². The molecule has 0 saturated carbocycles. The third-order valence-electron chi connectivity index (χ3n) is 2.47. The Kier molecular flexibility index (Phi) is 2.30. The number of nitrogens with one attached hydrogen (secondary N) is 1. The lowest BCUT2D eigenvalue weighted by atomic mass is 10.2. The van der Waals surface area contributed by atoms with Crippen LogP contribution in [0.5, 0.6) is 0 Å². The number of H-pyrrole nitrogens is 1. The summed E-state index contributed by atoms with van der Waals surface area (Å²) in [6, 6.07) is 0. The molecule has 1 aromatic heterocycles. The normalized spacial score (nSPS) is 15.8. The van der Waals surface area contributed by atoms with Crippen molar-refractivity contribution in [2.75, 3.05) is 5.75 Å². The zero-order valence-electron chi connectivity index (χ0n) is 7.59. The molecule has 78 valence electrons. The van der Waals surface area contributed by atoms with Crippen molar-refractivity contribution in [2.24, 2.45) is 0 Å². The highest BCUT2D eigenvalue weighted by Crippen LogP contribution is 2.23. The number of hydrogen-bond donors (Lipinski definition) is 1. The van der Waals surface area contributed by atoms with E-state index in [-0.39, 0.29) is 6.42 Å². The van der Waals surface area contributed by atoms with Gasteiger partial charge < -0.3 is 0 Å². The Morgan fingerprint density at radius 1 is 1.43 bits per heavy atom. The summed E-state index contributed by atoms with van der Waals surface area (Å²) >= 11 is 0. The van der Waals surface area contributed by atoms with Gasteiger partial charge in [0.1, 0.15) is 0 Å². The number of halogens is 1. The molecule has 1 N–H and O–H groups in total. The van der Waals surface area contributed by atoms with Gasteiger partial charge in [-0.3, -0.25) is 5.10 Å². The summed E-state index contributed by atoms with van der Waals surface area (Å²) in [7, 11) is -4.37. The second-order valence-electron chi connectivity index (χ2n) is 3.47. The molecule has 0 atom stereocenters. The van der Waals surface area contributed by atoms with E-state index in [1.165, 1.54) is 0 Å². The number of aromatic amines is 1. The van der Waals surface area contributed by atoms with Crippen LogP contribution in [0.1, 0.15) is 23.4 Å². The van der Waals surface area contributed by atoms with Crippen molar-refractivity contribution in [1.82, 2.24) is 10.2 Å². The fourth-order valence-electron chi connectivity index (χ4n) is 1.81. The second kappa shape index (κ2) is 3.34. The maximum Gasteiger partial charge on any atom is 0.302 e. The van der Waals surface area contributed by atoms with Crippen LogP contribution in [0.2, 0.25) is 0 Å². The Morgan fingerprint density at radius 3 is 2.93 bits per heavy atom. The van der Waals surface area contributed by atoms with Crippen molar-refractivity contribution in [3.8, 4) is 0 Å². The van der Waals surface area contributed by atoms with Crippen LogP contribution in [0, 0.1) is 0 Å². The predicted octanol–water partition coefficient (Wildman–Crippen LogP) is 0.740. The Bertz CT molecular complexity index is 438. The number of aromatic nitrogens is 2. The van der Waals surface area contributed by atoms with Gasteiger partial charge in [0.15, 0.2) is 0 Å². The molecule has 1 aliphatic rings. The van der Waals surface area contributed by atoms with Crippen LogP contribution < -0.4 is 0 Å². The lowest BCUT2D eigenvalue weighted by Crippen LogP contribution is -2.04. The fraction of sp³-hybridized carbons (Fsp3) is 0.625. The lowest BCUT2D eigenvalue weighted by Gasteiger charge is -1.95. The maximum absolute atomic E-state index is 12.3. The van der Waals surface area contributed by atoms with Crippen LogP contribution in [-0.4, -0.2) is 24.4 Å². The standard InChI is InChI=1S/C8H11FN2O2S/c9-14(12,13)5-4-8-6-2-1-3-7(6)10-11-8/h1-5H2,(H,10,11). The average molecular weight is 218 g/mol. The Hall–Kier alpha value is -0.910. The van der Waals surface area contributed by atoms with Gasteiger partial charge >= 0.3 is 10.2 Å². The molecule has 4 nitrogen and oxygen atoms in total. The Balaban J connectivity index is 2.11. The third kappa shape index (κ3) is 1.95. The zero-order chi connectivity index (χ0) is 10.2. The number of aryl methyl sites for hydroxylation is 2. The number of hydrogen-bond acceptors (Lipinski definition) is 3. The molecule has 0 aromatic carbocycles. The van der Waals surface area contributed by atoms with Crippen molar-refractivity contribution >= 4 is 10.2 Å². The summed E-state index contributed by atoms with van der Waals surface area (Å²) < 4.78 is 32.9. The van der Waals surface area contributed by atoms with Gasteiger partial charge in [0.25, 0.3) is 0 Å². The summed E-state index contributed by atoms with van der Waals surface area (Å²) in [6.07, 6.45) is 3.13. The summed E-state index contributed by atoms with van der Waals surface area (Å²) in [6.45, 7) is 0. The van der Waals surface area contributed by atoms with E-state index in [2.05, 4.69) is 10.2 Å². The van der Waals surface area contributed by atoms with E-state index in [4.69, 9.17) is 0 Å². The minimum absolute atomic E-state index is 0.171. The zero-order valence-corrected chi connectivity index (χ0v) is 8.40. The molecule has 0 fully saturated rings. The van der Waals surface area contributed by atoms with Gasteiger partial charge in [-0.25, -0.2) is 0 Å². The number of rotatable bonds is 3. The van der Waals surface area contributed by atoms with Crippen molar-refractivity contribution in [3.05, 3.63) is 17.0 Å². The maximum atomic E-state index is 12.3. The molecule has 14 heavy (non-hydrogen) atoms. The van der Waals surface area contributed by atoms with E-state index in [9.17, 15) is 12.3 Å². The number of fused-ring (bicyclic) bond motifs is 1. The van der Waals surface area contributed by atoms with Crippen LogP contribution in [0.3, 0.4) is 0 Å². The SMILES string of the molecule is O=S(=O)(F)CCc1n[nH]c2c1CCC2. The molecule has 1 aliphatic carbocycles. The topological polar surface area (TPSA) is 62.8 Å². The first-order valence-electron chi connectivity index (χ1n) is 4.53. The van der Waals surface area contributed by atoms with Gasteiger partial charge in [-0.05, 0) is 24.8 Å².